The first-order valence-corrected chi connectivity index (χ1v) is 8.69. The Morgan fingerprint density at radius 3 is 2.43 bits per heavy atom. The van der Waals surface area contributed by atoms with Gasteiger partial charge in [0.05, 0.1) is 0 Å². The van der Waals surface area contributed by atoms with E-state index in [1.54, 1.807) is 18.2 Å². The summed E-state index contributed by atoms with van der Waals surface area (Å²) in [5.74, 6) is -0.637. The summed E-state index contributed by atoms with van der Waals surface area (Å²) in [5.41, 5.74) is 0.902. The maximum atomic E-state index is 12.1. The van der Waals surface area contributed by atoms with Gasteiger partial charge in [0, 0.05) is 17.8 Å². The third kappa shape index (κ3) is 6.43. The molecule has 158 valence electrons. The summed E-state index contributed by atoms with van der Waals surface area (Å²) in [6.07, 6.45) is -2.39. The maximum absolute atomic E-state index is 12.1. The summed E-state index contributed by atoms with van der Waals surface area (Å²) in [4.78, 5) is 23.6. The van der Waals surface area contributed by atoms with Crippen molar-refractivity contribution in [3.63, 3.8) is 0 Å². The molecule has 7 nitrogen and oxygen atoms in total. The van der Waals surface area contributed by atoms with Crippen LogP contribution in [0.5, 0.6) is 17.2 Å². The summed E-state index contributed by atoms with van der Waals surface area (Å²) < 4.78 is 55.7. The first kappa shape index (κ1) is 21.0. The zero-order chi connectivity index (χ0) is 21.6. The van der Waals surface area contributed by atoms with E-state index in [0.717, 1.165) is 18.2 Å². The predicted octanol–water partition coefficient (Wildman–Crippen LogP) is 3.55. The first-order valence-electron chi connectivity index (χ1n) is 8.69. The van der Waals surface area contributed by atoms with Gasteiger partial charge in [-0.05, 0) is 35.9 Å². The summed E-state index contributed by atoms with van der Waals surface area (Å²) >= 11 is 0. The Morgan fingerprint density at radius 2 is 1.73 bits per heavy atom. The van der Waals surface area contributed by atoms with Crippen LogP contribution in [0.3, 0.4) is 0 Å². The summed E-state index contributed by atoms with van der Waals surface area (Å²) in [6.45, 7) is 0.343. The molecule has 2 aromatic carbocycles. The number of hydrogen-bond acceptors (Lipinski definition) is 6. The van der Waals surface area contributed by atoms with Gasteiger partial charge in [0.2, 0.25) is 0 Å². The van der Waals surface area contributed by atoms with Gasteiger partial charge in [-0.2, -0.15) is 0 Å². The van der Waals surface area contributed by atoms with E-state index in [0.29, 0.717) is 36.0 Å². The lowest BCUT2D eigenvalue weighted by molar-refractivity contribution is -0.274. The van der Waals surface area contributed by atoms with E-state index in [9.17, 15) is 22.8 Å². The lowest BCUT2D eigenvalue weighted by Gasteiger charge is -2.18. The number of ether oxygens (including phenoxy) is 4. The third-order valence-corrected chi connectivity index (χ3v) is 3.70. The highest BCUT2D eigenvalue weighted by Crippen LogP contribution is 2.32. The van der Waals surface area contributed by atoms with Crippen LogP contribution < -0.4 is 19.5 Å². The minimum Gasteiger partial charge on any atom is -0.486 e. The molecule has 1 aliphatic rings. The second-order valence-corrected chi connectivity index (χ2v) is 5.96. The molecule has 0 atom stereocenters. The van der Waals surface area contributed by atoms with E-state index in [2.05, 4.69) is 10.1 Å². The SMILES string of the molecule is O=C(COC(=O)/C=C/c1ccc(OC(F)(F)F)cc1)Nc1ccc2c(c1)OCCO2. The van der Waals surface area contributed by atoms with E-state index in [-0.39, 0.29) is 5.75 Å². The van der Waals surface area contributed by atoms with Gasteiger partial charge >= 0.3 is 12.3 Å². The second-order valence-electron chi connectivity index (χ2n) is 5.96. The fourth-order valence-electron chi connectivity index (χ4n) is 2.45. The zero-order valence-electron chi connectivity index (χ0n) is 15.4. The Morgan fingerprint density at radius 1 is 1.03 bits per heavy atom. The van der Waals surface area contributed by atoms with Crippen molar-refractivity contribution in [1.29, 1.82) is 0 Å². The van der Waals surface area contributed by atoms with Crippen molar-refractivity contribution < 1.29 is 41.7 Å². The number of esters is 1. The molecule has 0 fully saturated rings. The highest BCUT2D eigenvalue weighted by molar-refractivity contribution is 5.94. The Hall–Kier alpha value is -3.69. The Balaban J connectivity index is 1.45. The zero-order valence-corrected chi connectivity index (χ0v) is 15.4. The van der Waals surface area contributed by atoms with Gasteiger partial charge in [0.1, 0.15) is 19.0 Å². The number of halogens is 3. The number of fused-ring (bicyclic) bond motifs is 1. The smallest absolute Gasteiger partial charge is 0.486 e. The molecule has 2 aromatic rings. The number of rotatable bonds is 6. The lowest BCUT2D eigenvalue weighted by atomic mass is 10.2. The molecule has 1 amide bonds. The van der Waals surface area contributed by atoms with Gasteiger partial charge in [-0.25, -0.2) is 4.79 Å². The van der Waals surface area contributed by atoms with Gasteiger partial charge in [0.15, 0.2) is 18.1 Å². The van der Waals surface area contributed by atoms with Crippen LogP contribution in [0, 0.1) is 0 Å². The van der Waals surface area contributed by atoms with Crippen molar-refractivity contribution in [2.24, 2.45) is 0 Å². The monoisotopic (exact) mass is 423 g/mol. The Labute approximate surface area is 169 Å². The largest absolute Gasteiger partial charge is 0.573 e. The van der Waals surface area contributed by atoms with Crippen LogP contribution in [0.15, 0.2) is 48.5 Å². The minimum absolute atomic E-state index is 0.377. The van der Waals surface area contributed by atoms with Crippen LogP contribution in [0.4, 0.5) is 18.9 Å². The number of carbonyl (C=O) groups excluding carboxylic acids is 2. The summed E-state index contributed by atoms with van der Waals surface area (Å²) in [5, 5.41) is 2.56. The summed E-state index contributed by atoms with van der Waals surface area (Å²) in [6, 6.07) is 9.76. The van der Waals surface area contributed by atoms with Crippen molar-refractivity contribution in [2.45, 2.75) is 6.36 Å². The normalized spacial score (nSPS) is 13.0. The Kier molecular flexibility index (Phi) is 6.45. The number of benzene rings is 2. The van der Waals surface area contributed by atoms with Crippen molar-refractivity contribution in [2.75, 3.05) is 25.1 Å². The highest BCUT2D eigenvalue weighted by atomic mass is 19.4. The fraction of sp³-hybridized carbons (Fsp3) is 0.200. The molecular weight excluding hydrogens is 407 g/mol. The summed E-state index contributed by atoms with van der Waals surface area (Å²) in [7, 11) is 0. The van der Waals surface area contributed by atoms with Crippen LogP contribution in [-0.2, 0) is 14.3 Å². The van der Waals surface area contributed by atoms with Crippen molar-refractivity contribution >= 4 is 23.6 Å². The standard InChI is InChI=1S/C20H16F3NO6/c21-20(22,23)30-15-5-1-13(2-6-15)3-8-19(26)29-12-18(25)24-14-4-7-16-17(11-14)28-10-9-27-16/h1-8,11H,9-10,12H2,(H,24,25)/b8-3+. The topological polar surface area (TPSA) is 83.1 Å². The number of alkyl halides is 3. The molecule has 0 saturated heterocycles. The van der Waals surface area contributed by atoms with E-state index < -0.39 is 24.8 Å². The highest BCUT2D eigenvalue weighted by Gasteiger charge is 2.30. The van der Waals surface area contributed by atoms with Crippen LogP contribution in [0.2, 0.25) is 0 Å². The average Bonchev–Trinajstić information content (AvgIpc) is 2.70. The molecule has 1 aliphatic heterocycles. The van der Waals surface area contributed by atoms with Crippen LogP contribution in [0.25, 0.3) is 6.08 Å². The number of amides is 1. The molecule has 0 unspecified atom stereocenters. The number of carbonyl (C=O) groups is 2. The van der Waals surface area contributed by atoms with Crippen LogP contribution >= 0.6 is 0 Å². The quantitative estimate of drug-likeness (QED) is 0.565. The number of nitrogens with one attached hydrogen (secondary N) is 1. The lowest BCUT2D eigenvalue weighted by Crippen LogP contribution is -2.20. The first-order chi connectivity index (χ1) is 14.3. The van der Waals surface area contributed by atoms with E-state index in [1.807, 2.05) is 0 Å². The van der Waals surface area contributed by atoms with Gasteiger partial charge in [-0.15, -0.1) is 13.2 Å². The van der Waals surface area contributed by atoms with Gasteiger partial charge < -0.3 is 24.3 Å². The molecule has 1 heterocycles. The van der Waals surface area contributed by atoms with Crippen molar-refractivity contribution in [3.05, 3.63) is 54.1 Å². The second kappa shape index (κ2) is 9.21. The minimum atomic E-state index is -4.78. The van der Waals surface area contributed by atoms with E-state index >= 15 is 0 Å². The number of hydrogen-bond donors (Lipinski definition) is 1. The van der Waals surface area contributed by atoms with Crippen LogP contribution in [0.1, 0.15) is 5.56 Å². The molecule has 0 saturated carbocycles. The van der Waals surface area contributed by atoms with Gasteiger partial charge in [-0.3, -0.25) is 4.79 Å². The molecule has 10 heteroatoms. The van der Waals surface area contributed by atoms with Crippen molar-refractivity contribution in [3.8, 4) is 17.2 Å². The molecule has 0 bridgehead atoms. The van der Waals surface area contributed by atoms with E-state index in [1.165, 1.54) is 18.2 Å². The molecule has 30 heavy (non-hydrogen) atoms. The fourth-order valence-corrected chi connectivity index (χ4v) is 2.45. The molecule has 3 rings (SSSR count). The van der Waals surface area contributed by atoms with Gasteiger partial charge in [-0.1, -0.05) is 12.1 Å². The maximum Gasteiger partial charge on any atom is 0.573 e. The molecule has 0 aromatic heterocycles. The molecule has 1 N–H and O–H groups in total. The third-order valence-electron chi connectivity index (χ3n) is 3.70. The van der Waals surface area contributed by atoms with Crippen molar-refractivity contribution in [1.82, 2.24) is 0 Å². The molecular formula is C20H16F3NO6. The Bertz CT molecular complexity index is 941. The van der Waals surface area contributed by atoms with Gasteiger partial charge in [0.25, 0.3) is 5.91 Å². The molecule has 0 aliphatic carbocycles. The molecule has 0 radical (unpaired) electrons. The number of anilines is 1. The average molecular weight is 423 g/mol. The van der Waals surface area contributed by atoms with E-state index in [4.69, 9.17) is 14.2 Å². The molecule has 0 spiro atoms. The van der Waals surface area contributed by atoms with Crippen LogP contribution in [-0.4, -0.2) is 38.1 Å². The predicted molar refractivity (Wildman–Crippen MR) is 99.2 cm³/mol.